The first-order valence-electron chi connectivity index (χ1n) is 18.9. The SMILES string of the molecule is C[Si](C)(C)O[Si](OC([SiH3])(O[Si](O[Si](C)(C)C)(O[Si](C)(C)C)O[Si](C)(C)C)O[Si](O[Si](C)(C)C)(O[Si](C)(C)C)O[Si](C)(C)C)(O[Si](C)(C)C)O[Si](C)(C)C. The standard InChI is InChI=1S/C28H84O12Si13/c1-42(2,3)32-51(33-43(4,5)6,34-44(7,8)9)29-28(41,30-52(35-45(10,11)12,36-46(13,14)15)37-47(16,17)18)31-53(38-48(19,20)21,39-49(22,23)24)40-50(25,26)27/h1-27,41H3. The Morgan fingerprint density at radius 1 is 0.226 bits per heavy atom. The predicted octanol–water partition coefficient (Wildman–Crippen LogP) is 8.98. The van der Waals surface area contributed by atoms with Crippen molar-refractivity contribution >= 4 is 112 Å². The Balaban J connectivity index is 8.73. The fourth-order valence-corrected chi connectivity index (χ4v) is 42.0. The summed E-state index contributed by atoms with van der Waals surface area (Å²) in [6.07, 6.45) is 0. The summed E-state index contributed by atoms with van der Waals surface area (Å²) < 4.78 is 86.1. The minimum atomic E-state index is -4.14. The molecule has 0 saturated heterocycles. The molecule has 0 atom stereocenters. The zero-order valence-corrected chi connectivity index (χ0v) is 53.4. The fourth-order valence-electron chi connectivity index (χ4n) is 4.49. The minimum absolute atomic E-state index is 0.0899. The molecular formula is C28H84O12Si13. The van der Waals surface area contributed by atoms with Crippen LogP contribution in [0.1, 0.15) is 0 Å². The maximum Gasteiger partial charge on any atom is 0.651 e. The van der Waals surface area contributed by atoms with Gasteiger partial charge in [0.2, 0.25) is 5.60 Å². The van der Waals surface area contributed by atoms with E-state index < -0.39 is 108 Å². The maximum absolute atomic E-state index is 7.43. The average molecular weight is 978 g/mol. The first-order valence-corrected chi connectivity index (χ1v) is 55.5. The second-order valence-corrected chi connectivity index (χ2v) is 72.8. The van der Waals surface area contributed by atoms with E-state index >= 15 is 0 Å². The van der Waals surface area contributed by atoms with Crippen LogP contribution in [0.2, 0.25) is 177 Å². The summed E-state index contributed by atoms with van der Waals surface area (Å²) in [5.41, 5.74) is -1.93. The van der Waals surface area contributed by atoms with Gasteiger partial charge in [0, 0.05) is 0 Å². The lowest BCUT2D eigenvalue weighted by Crippen LogP contribution is -2.74. The molecule has 12 nitrogen and oxygen atoms in total. The van der Waals surface area contributed by atoms with E-state index in [0.29, 0.717) is 0 Å². The molecule has 0 amide bonds. The molecule has 0 spiro atoms. The Hall–Kier alpha value is 2.34. The van der Waals surface area contributed by atoms with E-state index in [4.69, 9.17) is 50.3 Å². The van der Waals surface area contributed by atoms with Crippen LogP contribution in [0.25, 0.3) is 0 Å². The van der Waals surface area contributed by atoms with Crippen LogP contribution in [0.4, 0.5) is 0 Å². The molecule has 0 radical (unpaired) electrons. The molecule has 0 aromatic rings. The van der Waals surface area contributed by atoms with Gasteiger partial charge in [-0.1, -0.05) is 0 Å². The Labute approximate surface area is 342 Å². The molecule has 0 bridgehead atoms. The minimum Gasteiger partial charge on any atom is -0.395 e. The van der Waals surface area contributed by atoms with Crippen molar-refractivity contribution in [1.29, 1.82) is 0 Å². The largest absolute Gasteiger partial charge is 0.651 e. The van der Waals surface area contributed by atoms with E-state index in [9.17, 15) is 0 Å². The van der Waals surface area contributed by atoms with E-state index in [1.807, 2.05) is 0 Å². The van der Waals surface area contributed by atoms with Crippen LogP contribution in [0, 0.1) is 0 Å². The van der Waals surface area contributed by atoms with Gasteiger partial charge in [-0.05, 0) is 177 Å². The van der Waals surface area contributed by atoms with Gasteiger partial charge < -0.3 is 50.3 Å². The van der Waals surface area contributed by atoms with Gasteiger partial charge in [0.1, 0.15) is 10.2 Å². The second kappa shape index (κ2) is 18.1. The third-order valence-electron chi connectivity index (χ3n) is 4.81. The molecule has 0 unspecified atom stereocenters. The van der Waals surface area contributed by atoms with Crippen molar-refractivity contribution in [1.82, 2.24) is 0 Å². The Kier molecular flexibility index (Phi) is 18.9. The second-order valence-electron chi connectivity index (χ2n) is 22.6. The molecule has 0 N–H and O–H groups in total. The molecule has 0 aliphatic heterocycles. The monoisotopic (exact) mass is 976 g/mol. The average Bonchev–Trinajstić information content (AvgIpc) is 2.58. The van der Waals surface area contributed by atoms with Gasteiger partial charge in [-0.25, -0.2) is 0 Å². The summed E-state index contributed by atoms with van der Waals surface area (Å²) in [5.74, 6) is 0. The highest BCUT2D eigenvalue weighted by Gasteiger charge is 2.67. The number of hydrogen-bond donors (Lipinski definition) is 0. The normalized spacial score (nSPS) is 16.1. The van der Waals surface area contributed by atoms with Crippen LogP contribution in [0.3, 0.4) is 0 Å². The van der Waals surface area contributed by atoms with Gasteiger partial charge >= 0.3 is 27.1 Å². The van der Waals surface area contributed by atoms with Crippen LogP contribution >= 0.6 is 0 Å². The van der Waals surface area contributed by atoms with E-state index in [2.05, 4.69) is 177 Å². The van der Waals surface area contributed by atoms with E-state index in [1.54, 1.807) is 0 Å². The van der Waals surface area contributed by atoms with Crippen LogP contribution in [0.15, 0.2) is 0 Å². The van der Waals surface area contributed by atoms with Crippen LogP contribution in [-0.2, 0) is 50.3 Å². The van der Waals surface area contributed by atoms with Crippen LogP contribution in [-0.4, -0.2) is 118 Å². The highest BCUT2D eigenvalue weighted by atomic mass is 28.5. The van der Waals surface area contributed by atoms with Crippen LogP contribution in [0.5, 0.6) is 0 Å². The third kappa shape index (κ3) is 26.9. The summed E-state index contributed by atoms with van der Waals surface area (Å²) in [6, 6.07) is 0. The van der Waals surface area contributed by atoms with Crippen molar-refractivity contribution in [3.63, 3.8) is 0 Å². The molecule has 0 aliphatic rings. The van der Waals surface area contributed by atoms with Gasteiger partial charge in [0.25, 0.3) is 0 Å². The molecule has 0 rings (SSSR count). The Bertz CT molecular complexity index is 890. The van der Waals surface area contributed by atoms with E-state index in [1.165, 1.54) is 0 Å². The van der Waals surface area contributed by atoms with Gasteiger partial charge in [-0.3, -0.25) is 0 Å². The van der Waals surface area contributed by atoms with Gasteiger partial charge in [0.15, 0.2) is 74.9 Å². The summed E-state index contributed by atoms with van der Waals surface area (Å²) in [7, 11) is -34.2. The van der Waals surface area contributed by atoms with Crippen molar-refractivity contribution in [3.8, 4) is 0 Å². The van der Waals surface area contributed by atoms with Crippen molar-refractivity contribution in [3.05, 3.63) is 0 Å². The zero-order valence-electron chi connectivity index (χ0n) is 39.4. The van der Waals surface area contributed by atoms with Gasteiger partial charge in [0.05, 0.1) is 0 Å². The molecular weight excluding hydrogens is 893 g/mol. The topological polar surface area (TPSA) is 111 Å². The van der Waals surface area contributed by atoms with Gasteiger partial charge in [-0.2, -0.15) is 0 Å². The van der Waals surface area contributed by atoms with Crippen molar-refractivity contribution < 1.29 is 50.3 Å². The fraction of sp³-hybridized carbons (Fsp3) is 1.00. The predicted molar refractivity (Wildman–Crippen MR) is 253 cm³/mol. The lowest BCUT2D eigenvalue weighted by Gasteiger charge is -2.51. The quantitative estimate of drug-likeness (QED) is 0.0681. The molecule has 320 valence electrons. The summed E-state index contributed by atoms with van der Waals surface area (Å²) in [6.45, 7) is 57.0. The van der Waals surface area contributed by atoms with Crippen molar-refractivity contribution in [2.75, 3.05) is 0 Å². The van der Waals surface area contributed by atoms with Crippen LogP contribution < -0.4 is 0 Å². The lowest BCUT2D eigenvalue weighted by molar-refractivity contribution is -0.264. The Morgan fingerprint density at radius 2 is 0.321 bits per heavy atom. The zero-order chi connectivity index (χ0) is 43.0. The Morgan fingerprint density at radius 3 is 0.396 bits per heavy atom. The maximum atomic E-state index is 7.43. The summed E-state index contributed by atoms with van der Waals surface area (Å²) in [4.78, 5) is 0. The highest BCUT2D eigenvalue weighted by Crippen LogP contribution is 2.39. The van der Waals surface area contributed by atoms with Crippen molar-refractivity contribution in [2.24, 2.45) is 0 Å². The highest BCUT2D eigenvalue weighted by molar-refractivity contribution is 6.90. The van der Waals surface area contributed by atoms with Crippen molar-refractivity contribution in [2.45, 2.75) is 182 Å². The lowest BCUT2D eigenvalue weighted by atomic mass is 11.3. The molecule has 0 saturated carbocycles. The van der Waals surface area contributed by atoms with E-state index in [0.717, 1.165) is 0 Å². The number of rotatable bonds is 24. The molecule has 0 aromatic carbocycles. The molecule has 0 aliphatic carbocycles. The molecule has 0 heterocycles. The molecule has 53 heavy (non-hydrogen) atoms. The van der Waals surface area contributed by atoms with Gasteiger partial charge in [-0.15, -0.1) is 0 Å². The molecule has 25 heteroatoms. The smallest absolute Gasteiger partial charge is 0.395 e. The summed E-state index contributed by atoms with van der Waals surface area (Å²) >= 11 is 0. The van der Waals surface area contributed by atoms with E-state index in [-0.39, 0.29) is 10.2 Å². The third-order valence-corrected chi connectivity index (χ3v) is 39.6. The first-order chi connectivity index (χ1) is 22.5. The molecule has 0 fully saturated rings. The molecule has 0 aromatic heterocycles. The summed E-state index contributed by atoms with van der Waals surface area (Å²) in [5, 5.41) is 0. The number of hydrogen-bond acceptors (Lipinski definition) is 12. The first kappa shape index (κ1) is 55.3.